The van der Waals surface area contributed by atoms with Crippen molar-refractivity contribution >= 4 is 28.7 Å². The first-order chi connectivity index (χ1) is 13.3. The Balaban J connectivity index is 0.000000239. The number of nitrogens with one attached hydrogen (secondary N) is 1. The van der Waals surface area contributed by atoms with E-state index in [1.165, 1.54) is 17.5 Å². The second-order valence-electron chi connectivity index (χ2n) is 6.42. The van der Waals surface area contributed by atoms with E-state index in [9.17, 15) is 13.2 Å². The number of alkyl halides is 3. The number of carboxylic acids is 1. The van der Waals surface area contributed by atoms with E-state index in [4.69, 9.17) is 21.5 Å². The Morgan fingerprint density at radius 2 is 1.89 bits per heavy atom. The van der Waals surface area contributed by atoms with Crippen molar-refractivity contribution in [3.8, 4) is 0 Å². The van der Waals surface area contributed by atoms with Crippen LogP contribution in [0.15, 0.2) is 36.9 Å². The number of rotatable bonds is 1. The highest BCUT2D eigenvalue weighted by atomic mass is 35.5. The first-order valence-corrected chi connectivity index (χ1v) is 8.63. The van der Waals surface area contributed by atoms with Crippen LogP contribution in [0.4, 0.5) is 13.2 Å². The van der Waals surface area contributed by atoms with E-state index in [2.05, 4.69) is 49.1 Å². The molecule has 0 amide bonds. The van der Waals surface area contributed by atoms with Gasteiger partial charge in [0, 0.05) is 6.04 Å². The van der Waals surface area contributed by atoms with Crippen LogP contribution in [0.2, 0.25) is 5.15 Å². The van der Waals surface area contributed by atoms with E-state index in [1.807, 2.05) is 6.33 Å². The fourth-order valence-electron chi connectivity index (χ4n) is 3.74. The zero-order chi connectivity index (χ0) is 20.1. The summed E-state index contributed by atoms with van der Waals surface area (Å²) in [6.45, 7) is 0. The van der Waals surface area contributed by atoms with Crippen LogP contribution in [0, 0.1) is 0 Å². The summed E-state index contributed by atoms with van der Waals surface area (Å²) < 4.78 is 33.9. The number of benzene rings is 1. The van der Waals surface area contributed by atoms with E-state index in [0.29, 0.717) is 28.8 Å². The van der Waals surface area contributed by atoms with Crippen LogP contribution in [-0.2, 0) is 4.79 Å². The maximum atomic E-state index is 10.6. The molecule has 1 fully saturated rings. The number of fused-ring (bicyclic) bond motifs is 6. The van der Waals surface area contributed by atoms with Crippen molar-refractivity contribution in [1.82, 2.24) is 24.8 Å². The summed E-state index contributed by atoms with van der Waals surface area (Å²) in [4.78, 5) is 21.6. The van der Waals surface area contributed by atoms with Gasteiger partial charge in [0.1, 0.15) is 11.8 Å². The van der Waals surface area contributed by atoms with Gasteiger partial charge in [-0.25, -0.2) is 19.7 Å². The van der Waals surface area contributed by atoms with Crippen molar-refractivity contribution < 1.29 is 23.1 Å². The molecule has 146 valence electrons. The molecule has 2 bridgehead atoms. The molecule has 2 aliphatic heterocycles. The molecule has 0 unspecified atom stereocenters. The van der Waals surface area contributed by atoms with Crippen molar-refractivity contribution in [3.05, 3.63) is 53.2 Å². The van der Waals surface area contributed by atoms with Crippen LogP contribution in [0.3, 0.4) is 0 Å². The van der Waals surface area contributed by atoms with E-state index >= 15 is 0 Å². The predicted molar refractivity (Wildman–Crippen MR) is 92.7 cm³/mol. The first kappa shape index (κ1) is 18.6. The zero-order valence-electron chi connectivity index (χ0n) is 14.1. The van der Waals surface area contributed by atoms with Gasteiger partial charge in [0.15, 0.2) is 10.8 Å². The summed E-state index contributed by atoms with van der Waals surface area (Å²) in [5, 5.41) is 11.2. The van der Waals surface area contributed by atoms with Gasteiger partial charge in [-0.15, -0.1) is 0 Å². The van der Waals surface area contributed by atoms with Crippen molar-refractivity contribution in [2.75, 3.05) is 0 Å². The van der Waals surface area contributed by atoms with Gasteiger partial charge in [0.25, 0.3) is 0 Å². The minimum absolute atomic E-state index is 0.317. The molecule has 0 saturated carbocycles. The molecule has 0 aliphatic carbocycles. The smallest absolute Gasteiger partial charge is 0.475 e. The molecule has 1 aromatic carbocycles. The molecule has 0 spiro atoms. The summed E-state index contributed by atoms with van der Waals surface area (Å²) in [5.74, 6) is -2.76. The molecule has 11 heteroatoms. The van der Waals surface area contributed by atoms with Crippen molar-refractivity contribution in [2.24, 2.45) is 0 Å². The molecule has 28 heavy (non-hydrogen) atoms. The minimum atomic E-state index is -5.08. The van der Waals surface area contributed by atoms with E-state index in [-0.39, 0.29) is 0 Å². The fraction of sp³-hybridized carbons (Fsp3) is 0.294. The molecule has 1 saturated heterocycles. The average molecular weight is 412 g/mol. The maximum absolute atomic E-state index is 10.6. The largest absolute Gasteiger partial charge is 0.490 e. The quantitative estimate of drug-likeness (QED) is 0.596. The molecular weight excluding hydrogens is 399 g/mol. The Morgan fingerprint density at radius 1 is 1.21 bits per heavy atom. The molecule has 2 aliphatic rings. The molecule has 3 atom stereocenters. The van der Waals surface area contributed by atoms with Crippen LogP contribution < -0.4 is 5.32 Å². The highest BCUT2D eigenvalue weighted by molar-refractivity contribution is 6.33. The molecule has 2 N–H and O–H groups in total. The van der Waals surface area contributed by atoms with Gasteiger partial charge in [-0.2, -0.15) is 13.2 Å². The Morgan fingerprint density at radius 3 is 2.57 bits per heavy atom. The number of hydrogen-bond donors (Lipinski definition) is 2. The third-order valence-electron chi connectivity index (χ3n) is 4.86. The van der Waals surface area contributed by atoms with Crippen molar-refractivity contribution in [2.45, 2.75) is 30.7 Å². The molecular formula is C17H13ClF3N5O2. The third-order valence-corrected chi connectivity index (χ3v) is 5.14. The lowest BCUT2D eigenvalue weighted by Gasteiger charge is -2.24. The van der Waals surface area contributed by atoms with Crippen LogP contribution in [0.25, 0.3) is 11.2 Å². The highest BCUT2D eigenvalue weighted by Crippen LogP contribution is 2.51. The number of carboxylic acid groups (broad SMARTS) is 1. The average Bonchev–Trinajstić information content (AvgIpc) is 3.35. The third kappa shape index (κ3) is 3.08. The summed E-state index contributed by atoms with van der Waals surface area (Å²) in [5.41, 5.74) is 4.30. The van der Waals surface area contributed by atoms with Crippen LogP contribution in [0.5, 0.6) is 0 Å². The van der Waals surface area contributed by atoms with E-state index in [1.54, 1.807) is 0 Å². The van der Waals surface area contributed by atoms with Crippen LogP contribution in [0.1, 0.15) is 35.7 Å². The number of aromatic nitrogens is 4. The van der Waals surface area contributed by atoms with E-state index < -0.39 is 12.1 Å². The summed E-state index contributed by atoms with van der Waals surface area (Å²) in [7, 11) is 0. The lowest BCUT2D eigenvalue weighted by atomic mass is 9.88. The summed E-state index contributed by atoms with van der Waals surface area (Å²) in [6, 6.07) is 9.69. The fourth-order valence-corrected chi connectivity index (χ4v) is 3.92. The van der Waals surface area contributed by atoms with Crippen molar-refractivity contribution in [3.63, 3.8) is 0 Å². The number of imidazole rings is 1. The van der Waals surface area contributed by atoms with Crippen LogP contribution in [-0.4, -0.2) is 36.8 Å². The zero-order valence-corrected chi connectivity index (χ0v) is 14.8. The maximum Gasteiger partial charge on any atom is 0.490 e. The normalized spacial score (nSPS) is 22.6. The summed E-state index contributed by atoms with van der Waals surface area (Å²) >= 11 is 6.09. The Hall–Kier alpha value is -2.72. The number of halogens is 4. The molecule has 0 radical (unpaired) electrons. The lowest BCUT2D eigenvalue weighted by molar-refractivity contribution is -0.192. The second kappa shape index (κ2) is 6.71. The molecule has 4 heterocycles. The van der Waals surface area contributed by atoms with Gasteiger partial charge in [-0.1, -0.05) is 35.9 Å². The van der Waals surface area contributed by atoms with Gasteiger partial charge in [0.05, 0.1) is 18.4 Å². The van der Waals surface area contributed by atoms with Gasteiger partial charge in [-0.3, -0.25) is 0 Å². The first-order valence-electron chi connectivity index (χ1n) is 8.25. The summed E-state index contributed by atoms with van der Waals surface area (Å²) in [6.07, 6.45) is -0.701. The second-order valence-corrected chi connectivity index (χ2v) is 6.78. The highest BCUT2D eigenvalue weighted by Gasteiger charge is 2.44. The van der Waals surface area contributed by atoms with Gasteiger partial charge >= 0.3 is 12.1 Å². The van der Waals surface area contributed by atoms with Crippen LogP contribution >= 0.6 is 11.6 Å². The SMILES string of the molecule is Clc1ncnc2c1ncn2[C@H]1C[C@H]2N[C@@H]1c1ccccc12.O=C(O)C(F)(F)F. The molecule has 3 aromatic rings. The van der Waals surface area contributed by atoms with Gasteiger partial charge in [-0.05, 0) is 17.5 Å². The number of carbonyl (C=O) groups is 1. The monoisotopic (exact) mass is 411 g/mol. The Kier molecular flexibility index (Phi) is 4.47. The number of nitrogens with zero attached hydrogens (tertiary/aromatic N) is 4. The van der Waals surface area contributed by atoms with E-state index in [0.717, 1.165) is 12.1 Å². The topological polar surface area (TPSA) is 92.9 Å². The van der Waals surface area contributed by atoms with Crippen molar-refractivity contribution in [1.29, 1.82) is 0 Å². The number of hydrogen-bond acceptors (Lipinski definition) is 5. The minimum Gasteiger partial charge on any atom is -0.475 e. The standard InChI is InChI=1S/C15H12ClN5.C2HF3O2/c16-14-13-15(18-6-17-14)21(7-19-13)11-5-10-8-3-1-2-4-9(8)12(11)20-10;3-2(4,5)1(6)7/h1-4,6-7,10-12,20H,5H2;(H,6,7)/t10-,11+,12-;/m1./s1. The Labute approximate surface area is 161 Å². The Bertz CT molecular complexity index is 1050. The number of aliphatic carboxylic acids is 1. The predicted octanol–water partition coefficient (Wildman–Crippen LogP) is 3.44. The van der Waals surface area contributed by atoms with Gasteiger partial charge < -0.3 is 15.0 Å². The molecule has 5 rings (SSSR count). The molecule has 7 nitrogen and oxygen atoms in total. The lowest BCUT2D eigenvalue weighted by Crippen LogP contribution is -2.21. The molecule has 2 aromatic heterocycles. The van der Waals surface area contributed by atoms with Gasteiger partial charge in [0.2, 0.25) is 0 Å².